The normalized spacial score (nSPS) is 19.0. The zero-order chi connectivity index (χ0) is 15.2. The van der Waals surface area contributed by atoms with Crippen LogP contribution in [0.5, 0.6) is 0 Å². The molecule has 1 saturated carbocycles. The number of carboxylic acid groups (broad SMARTS) is 1. The van der Waals surface area contributed by atoms with Crippen molar-refractivity contribution in [3.05, 3.63) is 48.0 Å². The van der Waals surface area contributed by atoms with Crippen molar-refractivity contribution in [2.24, 2.45) is 5.92 Å². The van der Waals surface area contributed by atoms with E-state index in [1.54, 1.807) is 0 Å². The molecule has 0 heterocycles. The highest BCUT2D eigenvalue weighted by Gasteiger charge is 2.34. The van der Waals surface area contributed by atoms with Gasteiger partial charge in [0.2, 0.25) is 0 Å². The molecule has 1 aliphatic rings. The van der Waals surface area contributed by atoms with Gasteiger partial charge in [-0.1, -0.05) is 42.5 Å². The third-order valence-electron chi connectivity index (χ3n) is 3.69. The lowest BCUT2D eigenvalue weighted by molar-refractivity contribution is -0.140. The van der Waals surface area contributed by atoms with Gasteiger partial charge in [-0.25, -0.2) is 9.59 Å². The first-order valence-corrected chi connectivity index (χ1v) is 6.95. The summed E-state index contributed by atoms with van der Waals surface area (Å²) in [6.07, 6.45) is 1.74. The van der Waals surface area contributed by atoms with Gasteiger partial charge in [0.1, 0.15) is 12.6 Å². The van der Waals surface area contributed by atoms with Crippen LogP contribution in [0, 0.1) is 5.92 Å². The second-order valence-corrected chi connectivity index (χ2v) is 5.18. The fourth-order valence-corrected chi connectivity index (χ4v) is 2.57. The Kier molecular flexibility index (Phi) is 4.98. The number of carboxylic acids is 1. The van der Waals surface area contributed by atoms with Crippen LogP contribution in [0.25, 0.3) is 0 Å². The second kappa shape index (κ2) is 6.92. The van der Waals surface area contributed by atoms with Crippen LogP contribution in [0.4, 0.5) is 4.79 Å². The number of nitrogens with one attached hydrogen (secondary N) is 1. The maximum Gasteiger partial charge on any atom is 0.408 e. The number of rotatable bonds is 5. The molecule has 5 nitrogen and oxygen atoms in total. The number of carbonyl (C=O) groups is 2. The molecule has 0 saturated heterocycles. The smallest absolute Gasteiger partial charge is 0.408 e. The minimum atomic E-state index is -1.06. The van der Waals surface area contributed by atoms with E-state index in [0.717, 1.165) is 30.4 Å². The second-order valence-electron chi connectivity index (χ2n) is 5.18. The van der Waals surface area contributed by atoms with Crippen molar-refractivity contribution in [2.45, 2.75) is 31.9 Å². The Morgan fingerprint density at radius 3 is 2.67 bits per heavy atom. The topological polar surface area (TPSA) is 75.6 Å². The zero-order valence-corrected chi connectivity index (χ0v) is 11.7. The molecule has 1 aliphatic carbocycles. The van der Waals surface area contributed by atoms with Gasteiger partial charge in [-0.15, -0.1) is 0 Å². The summed E-state index contributed by atoms with van der Waals surface area (Å²) < 4.78 is 5.06. The molecule has 5 heteroatoms. The lowest BCUT2D eigenvalue weighted by atomic mass is 9.95. The Hall–Kier alpha value is -2.30. The van der Waals surface area contributed by atoms with Crippen molar-refractivity contribution >= 4 is 12.1 Å². The summed E-state index contributed by atoms with van der Waals surface area (Å²) in [6.45, 7) is 4.00. The van der Waals surface area contributed by atoms with E-state index in [-0.39, 0.29) is 12.5 Å². The monoisotopic (exact) mass is 289 g/mol. The van der Waals surface area contributed by atoms with Gasteiger partial charge in [-0.3, -0.25) is 0 Å². The minimum Gasteiger partial charge on any atom is -0.480 e. The molecule has 2 N–H and O–H groups in total. The third-order valence-corrected chi connectivity index (χ3v) is 3.69. The molecule has 112 valence electrons. The lowest BCUT2D eigenvalue weighted by Crippen LogP contribution is -2.45. The molecule has 2 rings (SSSR count). The maximum atomic E-state index is 11.8. The molecular weight excluding hydrogens is 270 g/mol. The molecule has 1 amide bonds. The average Bonchev–Trinajstić information content (AvgIpc) is 2.89. The van der Waals surface area contributed by atoms with Crippen LogP contribution in [0.2, 0.25) is 0 Å². The van der Waals surface area contributed by atoms with E-state index >= 15 is 0 Å². The maximum absolute atomic E-state index is 11.8. The molecule has 2 atom stereocenters. The first-order valence-electron chi connectivity index (χ1n) is 6.95. The summed E-state index contributed by atoms with van der Waals surface area (Å²) in [4.78, 5) is 23.1. The van der Waals surface area contributed by atoms with Crippen molar-refractivity contribution in [1.29, 1.82) is 0 Å². The molecule has 1 aromatic carbocycles. The Morgan fingerprint density at radius 2 is 2.10 bits per heavy atom. The quantitative estimate of drug-likeness (QED) is 0.817. The zero-order valence-electron chi connectivity index (χ0n) is 11.7. The van der Waals surface area contributed by atoms with E-state index in [1.807, 2.05) is 30.3 Å². The molecule has 0 radical (unpaired) electrons. The largest absolute Gasteiger partial charge is 0.480 e. The fourth-order valence-electron chi connectivity index (χ4n) is 2.57. The van der Waals surface area contributed by atoms with Gasteiger partial charge in [0.15, 0.2) is 0 Å². The van der Waals surface area contributed by atoms with Crippen LogP contribution in [0.1, 0.15) is 24.8 Å². The highest BCUT2D eigenvalue weighted by Crippen LogP contribution is 2.32. The van der Waals surface area contributed by atoms with Crippen LogP contribution < -0.4 is 5.32 Å². The summed E-state index contributed by atoms with van der Waals surface area (Å²) in [5, 5.41) is 11.7. The SMILES string of the molecule is C=C1CCC[C@H]1[C@@H](NC(=O)OCc1ccccc1)C(=O)O. The molecule has 1 fully saturated rings. The lowest BCUT2D eigenvalue weighted by Gasteiger charge is -2.21. The van der Waals surface area contributed by atoms with Crippen LogP contribution in [-0.4, -0.2) is 23.2 Å². The number of alkyl carbamates (subject to hydrolysis) is 1. The van der Waals surface area contributed by atoms with E-state index in [0.29, 0.717) is 0 Å². The molecule has 1 aromatic rings. The van der Waals surface area contributed by atoms with Crippen molar-refractivity contribution in [2.75, 3.05) is 0 Å². The summed E-state index contributed by atoms with van der Waals surface area (Å²) >= 11 is 0. The van der Waals surface area contributed by atoms with Gasteiger partial charge >= 0.3 is 12.1 Å². The molecule has 0 aromatic heterocycles. The number of hydrogen-bond acceptors (Lipinski definition) is 3. The standard InChI is InChI=1S/C16H19NO4/c1-11-6-5-9-13(11)14(15(18)19)17-16(20)21-10-12-7-3-2-4-8-12/h2-4,7-8,13-14H,1,5-6,9-10H2,(H,17,20)(H,18,19)/t13-,14-/m1/s1. The van der Waals surface area contributed by atoms with Crippen molar-refractivity contribution in [3.8, 4) is 0 Å². The minimum absolute atomic E-state index is 0.116. The number of amides is 1. The number of carbonyl (C=O) groups excluding carboxylic acids is 1. The number of aliphatic carboxylic acids is 1. The Balaban J connectivity index is 1.89. The summed E-state index contributed by atoms with van der Waals surface area (Å²) in [5.41, 5.74) is 1.73. The van der Waals surface area contributed by atoms with Crippen LogP contribution in [-0.2, 0) is 16.1 Å². The predicted molar refractivity (Wildman–Crippen MR) is 77.7 cm³/mol. The van der Waals surface area contributed by atoms with Crippen molar-refractivity contribution < 1.29 is 19.4 Å². The van der Waals surface area contributed by atoms with Gasteiger partial charge in [0.05, 0.1) is 0 Å². The predicted octanol–water partition coefficient (Wildman–Crippen LogP) is 2.72. The molecule has 0 bridgehead atoms. The number of hydrogen-bond donors (Lipinski definition) is 2. The van der Waals surface area contributed by atoms with Gasteiger partial charge in [0.25, 0.3) is 0 Å². The number of benzene rings is 1. The van der Waals surface area contributed by atoms with Crippen LogP contribution >= 0.6 is 0 Å². The van der Waals surface area contributed by atoms with Gasteiger partial charge in [-0.2, -0.15) is 0 Å². The molecular formula is C16H19NO4. The fraction of sp³-hybridized carbons (Fsp3) is 0.375. The van der Waals surface area contributed by atoms with E-state index in [2.05, 4.69) is 11.9 Å². The van der Waals surface area contributed by atoms with E-state index in [9.17, 15) is 14.7 Å². The summed E-state index contributed by atoms with van der Waals surface area (Å²) in [5.74, 6) is -1.27. The van der Waals surface area contributed by atoms with Gasteiger partial charge < -0.3 is 15.2 Å². The number of ether oxygens (including phenoxy) is 1. The van der Waals surface area contributed by atoms with Crippen molar-refractivity contribution in [1.82, 2.24) is 5.32 Å². The van der Waals surface area contributed by atoms with Crippen molar-refractivity contribution in [3.63, 3.8) is 0 Å². The summed E-state index contributed by atoms with van der Waals surface area (Å²) in [7, 11) is 0. The molecule has 0 unspecified atom stereocenters. The Labute approximate surface area is 123 Å². The van der Waals surface area contributed by atoms with Gasteiger partial charge in [-0.05, 0) is 24.8 Å². The molecule has 0 spiro atoms. The third kappa shape index (κ3) is 4.08. The van der Waals surface area contributed by atoms with E-state index < -0.39 is 18.1 Å². The highest BCUT2D eigenvalue weighted by molar-refractivity contribution is 5.80. The van der Waals surface area contributed by atoms with Crippen LogP contribution in [0.3, 0.4) is 0 Å². The van der Waals surface area contributed by atoms with E-state index in [1.165, 1.54) is 0 Å². The molecule has 0 aliphatic heterocycles. The summed E-state index contributed by atoms with van der Waals surface area (Å²) in [6, 6.07) is 8.26. The van der Waals surface area contributed by atoms with Crippen LogP contribution in [0.15, 0.2) is 42.5 Å². The van der Waals surface area contributed by atoms with Gasteiger partial charge in [0, 0.05) is 5.92 Å². The highest BCUT2D eigenvalue weighted by atomic mass is 16.5. The first-order chi connectivity index (χ1) is 10.1. The molecule has 21 heavy (non-hydrogen) atoms. The van der Waals surface area contributed by atoms with E-state index in [4.69, 9.17) is 4.74 Å². The average molecular weight is 289 g/mol. The first kappa shape index (κ1) is 15.1. The Morgan fingerprint density at radius 1 is 1.38 bits per heavy atom. The Bertz CT molecular complexity index is 526.